The second-order valence-electron chi connectivity index (χ2n) is 6.28. The number of hydrogen-bond acceptors (Lipinski definition) is 3. The van der Waals surface area contributed by atoms with E-state index in [9.17, 15) is 13.2 Å². The van der Waals surface area contributed by atoms with Gasteiger partial charge >= 0.3 is 0 Å². The average Bonchev–Trinajstić information content (AvgIpc) is 2.57. The smallest absolute Gasteiger partial charge is 0.232 e. The molecular weight excluding hydrogens is 347 g/mol. The molecule has 0 spiro atoms. The van der Waals surface area contributed by atoms with Gasteiger partial charge in [0.15, 0.2) is 0 Å². The highest BCUT2D eigenvalue weighted by molar-refractivity contribution is 7.92. The number of para-hydroxylation sites is 1. The fourth-order valence-corrected chi connectivity index (χ4v) is 3.52. The van der Waals surface area contributed by atoms with Crippen LogP contribution in [0.5, 0.6) is 0 Å². The molecule has 0 bridgehead atoms. The van der Waals surface area contributed by atoms with Gasteiger partial charge in [-0.2, -0.15) is 0 Å². The van der Waals surface area contributed by atoms with Gasteiger partial charge in [-0.15, -0.1) is 0 Å². The van der Waals surface area contributed by atoms with Crippen molar-refractivity contribution >= 4 is 29.5 Å². The summed E-state index contributed by atoms with van der Waals surface area (Å²) >= 11 is 0. The van der Waals surface area contributed by atoms with Gasteiger partial charge in [0.05, 0.1) is 19.8 Å². The van der Waals surface area contributed by atoms with Crippen molar-refractivity contribution in [3.8, 4) is 0 Å². The van der Waals surface area contributed by atoms with Crippen molar-refractivity contribution in [2.45, 2.75) is 25.7 Å². The Morgan fingerprint density at radius 3 is 2.31 bits per heavy atom. The van der Waals surface area contributed by atoms with Crippen LogP contribution in [0.2, 0.25) is 0 Å². The monoisotopic (exact) mass is 370 g/mol. The minimum absolute atomic E-state index is 0.0313. The van der Waals surface area contributed by atoms with E-state index in [1.807, 2.05) is 31.2 Å². The topological polar surface area (TPSA) is 66.5 Å². The van der Waals surface area contributed by atoms with Crippen LogP contribution >= 0.6 is 0 Å². The molecule has 7 heteroatoms. The van der Waals surface area contributed by atoms with Crippen LogP contribution in [-0.4, -0.2) is 40.9 Å². The molecule has 136 valence electrons. The maximum absolute atomic E-state index is 12.1. The number of hydrogen-bond donors (Lipinski definition) is 1. The van der Waals surface area contributed by atoms with E-state index >= 15 is 0 Å². The van der Waals surface area contributed by atoms with Crippen LogP contribution in [0, 0.1) is 6.92 Å². The predicted molar refractivity (Wildman–Crippen MR) is 106 cm³/mol. The van der Waals surface area contributed by atoms with Gasteiger partial charge in [-0.25, -0.2) is 8.42 Å². The molecule has 0 saturated carbocycles. The molecule has 0 fully saturated rings. The molecule has 0 heterocycles. The van der Waals surface area contributed by atoms with Gasteiger partial charge in [0.1, 0.15) is 0 Å². The molecule has 0 aliphatic rings. The number of anilines is 1. The zero-order valence-electron chi connectivity index (χ0n) is 15.1. The third kappa shape index (κ3) is 6.22. The number of nitrogens with zero attached hydrogens (tertiary/aromatic N) is 1. The molecule has 0 aromatic heterocycles. The molecular formula is C19H23BN2O3S. The number of sulfonamides is 1. The number of benzene rings is 2. The highest BCUT2D eigenvalue weighted by atomic mass is 32.2. The number of amides is 1. The maximum atomic E-state index is 12.1. The first kappa shape index (κ1) is 20.0. The Morgan fingerprint density at radius 1 is 1.12 bits per heavy atom. The molecule has 0 unspecified atom stereocenters. The van der Waals surface area contributed by atoms with Crippen LogP contribution in [0.25, 0.3) is 0 Å². The lowest BCUT2D eigenvalue weighted by molar-refractivity contribution is -0.121. The summed E-state index contributed by atoms with van der Waals surface area (Å²) < 4.78 is 25.2. The first-order valence-corrected chi connectivity index (χ1v) is 10.2. The quantitative estimate of drug-likeness (QED) is 0.723. The molecule has 26 heavy (non-hydrogen) atoms. The van der Waals surface area contributed by atoms with Crippen LogP contribution < -0.4 is 9.62 Å². The van der Waals surface area contributed by atoms with E-state index in [1.165, 1.54) is 4.31 Å². The molecule has 0 aliphatic carbocycles. The minimum atomic E-state index is -3.47. The van der Waals surface area contributed by atoms with Crippen LogP contribution in [0.15, 0.2) is 54.6 Å². The molecule has 1 amide bonds. The van der Waals surface area contributed by atoms with Crippen molar-refractivity contribution < 1.29 is 13.2 Å². The van der Waals surface area contributed by atoms with E-state index in [0.29, 0.717) is 12.1 Å². The van der Waals surface area contributed by atoms with Crippen molar-refractivity contribution in [2.75, 3.05) is 17.1 Å². The van der Waals surface area contributed by atoms with Gasteiger partial charge in [0.25, 0.3) is 0 Å². The Kier molecular flexibility index (Phi) is 6.86. The summed E-state index contributed by atoms with van der Waals surface area (Å²) in [6, 6.07) is 16.6. The van der Waals surface area contributed by atoms with Crippen molar-refractivity contribution in [1.29, 1.82) is 0 Å². The molecule has 2 rings (SSSR count). The summed E-state index contributed by atoms with van der Waals surface area (Å²) in [7, 11) is 2.51. The van der Waals surface area contributed by atoms with E-state index in [4.69, 9.17) is 7.85 Å². The third-order valence-corrected chi connectivity index (χ3v) is 5.10. The first-order valence-electron chi connectivity index (χ1n) is 8.39. The fourth-order valence-electron chi connectivity index (χ4n) is 2.59. The second kappa shape index (κ2) is 8.89. The summed E-state index contributed by atoms with van der Waals surface area (Å²) in [5.74, 6) is -0.803. The van der Waals surface area contributed by atoms with E-state index in [-0.39, 0.29) is 18.9 Å². The highest BCUT2D eigenvalue weighted by Gasteiger charge is 2.18. The summed E-state index contributed by atoms with van der Waals surface area (Å²) in [6.07, 6.45) is 1.67. The predicted octanol–water partition coefficient (Wildman–Crippen LogP) is 2.00. The van der Waals surface area contributed by atoms with Gasteiger partial charge in [-0.1, -0.05) is 48.0 Å². The SMILES string of the molecule is [B][C@H](Cc1ccc(C)cc1)NC(=O)CCN(c1ccccc1)S(C)(=O)=O. The Hall–Kier alpha value is -2.28. The van der Waals surface area contributed by atoms with Gasteiger partial charge in [0, 0.05) is 13.0 Å². The van der Waals surface area contributed by atoms with E-state index in [0.717, 1.165) is 17.4 Å². The van der Waals surface area contributed by atoms with Crippen LogP contribution in [0.3, 0.4) is 0 Å². The van der Waals surface area contributed by atoms with E-state index in [1.54, 1.807) is 30.3 Å². The molecule has 2 radical (unpaired) electrons. The molecule has 0 saturated heterocycles. The zero-order valence-corrected chi connectivity index (χ0v) is 15.9. The maximum Gasteiger partial charge on any atom is 0.232 e. The number of carbonyl (C=O) groups is 1. The summed E-state index contributed by atoms with van der Waals surface area (Å²) in [5.41, 5.74) is 2.73. The first-order chi connectivity index (χ1) is 12.3. The van der Waals surface area contributed by atoms with Crippen LogP contribution in [0.1, 0.15) is 17.5 Å². The van der Waals surface area contributed by atoms with E-state index < -0.39 is 16.0 Å². The van der Waals surface area contributed by atoms with Crippen LogP contribution in [-0.2, 0) is 21.2 Å². The molecule has 1 atom stereocenters. The lowest BCUT2D eigenvalue weighted by Crippen LogP contribution is -2.39. The van der Waals surface area contributed by atoms with Gasteiger partial charge < -0.3 is 5.32 Å². The third-order valence-electron chi connectivity index (χ3n) is 3.91. The largest absolute Gasteiger partial charge is 0.362 e. The van der Waals surface area contributed by atoms with Crippen molar-refractivity contribution in [1.82, 2.24) is 5.32 Å². The molecule has 2 aromatic rings. The fraction of sp³-hybridized carbons (Fsp3) is 0.316. The summed E-state index contributed by atoms with van der Waals surface area (Å²) in [5, 5.41) is 2.72. The molecule has 1 N–H and O–H groups in total. The van der Waals surface area contributed by atoms with Crippen molar-refractivity contribution in [3.05, 3.63) is 65.7 Å². The van der Waals surface area contributed by atoms with Gasteiger partial charge in [-0.05, 0) is 37.0 Å². The Balaban J connectivity index is 1.90. The average molecular weight is 370 g/mol. The Labute approximate surface area is 156 Å². The highest BCUT2D eigenvalue weighted by Crippen LogP contribution is 2.17. The lowest BCUT2D eigenvalue weighted by atomic mass is 9.89. The summed E-state index contributed by atoms with van der Waals surface area (Å²) in [6.45, 7) is 2.07. The Bertz CT molecular complexity index is 824. The number of carbonyl (C=O) groups excluding carboxylic acids is 1. The zero-order chi connectivity index (χ0) is 19.2. The van der Waals surface area contributed by atoms with Gasteiger partial charge in [-0.3, -0.25) is 9.10 Å². The normalized spacial score (nSPS) is 12.4. The Morgan fingerprint density at radius 2 is 1.73 bits per heavy atom. The van der Waals surface area contributed by atoms with Gasteiger partial charge in [0.2, 0.25) is 15.9 Å². The second-order valence-corrected chi connectivity index (χ2v) is 8.19. The van der Waals surface area contributed by atoms with Crippen molar-refractivity contribution in [2.24, 2.45) is 0 Å². The number of rotatable bonds is 8. The van der Waals surface area contributed by atoms with Crippen LogP contribution in [0.4, 0.5) is 5.69 Å². The number of aryl methyl sites for hydroxylation is 1. The molecule has 5 nitrogen and oxygen atoms in total. The minimum Gasteiger partial charge on any atom is -0.362 e. The van der Waals surface area contributed by atoms with E-state index in [2.05, 4.69) is 5.32 Å². The standard InChI is InChI=1S/C19H23BN2O3S/c1-15-8-10-16(11-9-15)14-18(20)21-19(23)12-13-22(26(2,24)25)17-6-4-3-5-7-17/h3-11,18H,12-14H2,1-2H3,(H,21,23)/t18-/m0/s1. The molecule has 0 aliphatic heterocycles. The summed E-state index contributed by atoms with van der Waals surface area (Å²) in [4.78, 5) is 12.1. The molecule has 2 aromatic carbocycles. The number of nitrogens with one attached hydrogen (secondary N) is 1. The van der Waals surface area contributed by atoms with Crippen molar-refractivity contribution in [3.63, 3.8) is 0 Å². The lowest BCUT2D eigenvalue weighted by Gasteiger charge is -2.22.